The van der Waals surface area contributed by atoms with E-state index in [-0.39, 0.29) is 5.60 Å². The number of fused-ring (bicyclic) bond motifs is 1. The first-order valence-corrected chi connectivity index (χ1v) is 7.74. The van der Waals surface area contributed by atoms with Gasteiger partial charge in [0.15, 0.2) is 0 Å². The van der Waals surface area contributed by atoms with E-state index in [9.17, 15) is 0 Å². The minimum absolute atomic E-state index is 0.151. The van der Waals surface area contributed by atoms with E-state index in [1.54, 1.807) is 0 Å². The van der Waals surface area contributed by atoms with Crippen molar-refractivity contribution in [1.29, 1.82) is 0 Å². The van der Waals surface area contributed by atoms with E-state index < -0.39 is 0 Å². The van der Waals surface area contributed by atoms with Gasteiger partial charge in [0.2, 0.25) is 0 Å². The third kappa shape index (κ3) is 2.35. The Morgan fingerprint density at radius 1 is 1.00 bits per heavy atom. The third-order valence-corrected chi connectivity index (χ3v) is 4.87. The van der Waals surface area contributed by atoms with Crippen LogP contribution < -0.4 is 4.74 Å². The number of benzene rings is 2. The van der Waals surface area contributed by atoms with Crippen molar-refractivity contribution in [2.24, 2.45) is 0 Å². The quantitative estimate of drug-likeness (QED) is 0.743. The van der Waals surface area contributed by atoms with Gasteiger partial charge in [0.05, 0.1) is 0 Å². The lowest BCUT2D eigenvalue weighted by Gasteiger charge is -2.27. The van der Waals surface area contributed by atoms with E-state index in [0.29, 0.717) is 5.92 Å². The number of rotatable bonds is 2. The van der Waals surface area contributed by atoms with Crippen LogP contribution in [0.25, 0.3) is 0 Å². The van der Waals surface area contributed by atoms with Crippen LogP contribution in [0.5, 0.6) is 5.75 Å². The molecule has 0 saturated heterocycles. The van der Waals surface area contributed by atoms with Crippen molar-refractivity contribution in [3.05, 3.63) is 64.2 Å². The highest BCUT2D eigenvalue weighted by Crippen LogP contribution is 2.49. The number of aryl methyl sites for hydroxylation is 2. The minimum Gasteiger partial charge on any atom is -0.487 e. The lowest BCUT2D eigenvalue weighted by Crippen LogP contribution is -2.31. The molecule has 2 aromatic carbocycles. The third-order valence-electron chi connectivity index (χ3n) is 4.87. The average molecular weight is 280 g/mol. The van der Waals surface area contributed by atoms with Crippen molar-refractivity contribution >= 4 is 0 Å². The summed E-state index contributed by atoms with van der Waals surface area (Å²) in [6.45, 7) is 11.0. The largest absolute Gasteiger partial charge is 0.487 e. The monoisotopic (exact) mass is 280 g/mol. The lowest BCUT2D eigenvalue weighted by molar-refractivity contribution is 0.109. The fourth-order valence-corrected chi connectivity index (χ4v) is 3.53. The first-order chi connectivity index (χ1) is 9.90. The van der Waals surface area contributed by atoms with Gasteiger partial charge in [-0.2, -0.15) is 0 Å². The molecule has 1 nitrogen and oxygen atoms in total. The Hall–Kier alpha value is -1.76. The molecule has 0 aromatic heterocycles. The maximum atomic E-state index is 6.35. The molecule has 0 amide bonds. The van der Waals surface area contributed by atoms with Crippen molar-refractivity contribution in [2.75, 3.05) is 0 Å². The molecule has 0 saturated carbocycles. The molecule has 1 heterocycles. The average Bonchev–Trinajstić information content (AvgIpc) is 2.70. The second kappa shape index (κ2) is 4.91. The van der Waals surface area contributed by atoms with Gasteiger partial charge in [-0.05, 0) is 63.3 Å². The van der Waals surface area contributed by atoms with Gasteiger partial charge in [0, 0.05) is 11.5 Å². The highest BCUT2D eigenvalue weighted by molar-refractivity contribution is 5.55. The molecule has 0 radical (unpaired) electrons. The second-order valence-corrected chi connectivity index (χ2v) is 6.83. The number of ether oxygens (including phenoxy) is 1. The normalized spacial score (nSPS) is 19.2. The molecule has 1 aliphatic rings. The van der Waals surface area contributed by atoms with Crippen molar-refractivity contribution in [3.8, 4) is 5.75 Å². The Balaban J connectivity index is 2.10. The second-order valence-electron chi connectivity index (χ2n) is 6.83. The molecule has 1 heteroatoms. The summed E-state index contributed by atoms with van der Waals surface area (Å²) in [6, 6.07) is 13.0. The van der Waals surface area contributed by atoms with Gasteiger partial charge in [-0.3, -0.25) is 0 Å². The van der Waals surface area contributed by atoms with Crippen molar-refractivity contribution in [2.45, 2.75) is 52.6 Å². The predicted octanol–water partition coefficient (Wildman–Crippen LogP) is 5.11. The van der Waals surface area contributed by atoms with E-state index in [0.717, 1.165) is 12.2 Å². The first kappa shape index (κ1) is 14.2. The summed E-state index contributed by atoms with van der Waals surface area (Å²) in [5.41, 5.74) is 6.66. The molecular weight excluding hydrogens is 256 g/mol. The first-order valence-electron chi connectivity index (χ1n) is 7.74. The van der Waals surface area contributed by atoms with Crippen LogP contribution in [0.1, 0.15) is 47.6 Å². The topological polar surface area (TPSA) is 9.23 Å². The Labute approximate surface area is 128 Å². The van der Waals surface area contributed by atoms with Crippen LogP contribution in [-0.4, -0.2) is 5.60 Å². The van der Waals surface area contributed by atoms with Gasteiger partial charge >= 0.3 is 0 Å². The summed E-state index contributed by atoms with van der Waals surface area (Å²) in [7, 11) is 0. The summed E-state index contributed by atoms with van der Waals surface area (Å²) < 4.78 is 6.35. The highest BCUT2D eigenvalue weighted by Gasteiger charge is 2.42. The Morgan fingerprint density at radius 2 is 1.67 bits per heavy atom. The smallest absolute Gasteiger partial charge is 0.126 e. The van der Waals surface area contributed by atoms with Crippen LogP contribution in [0.3, 0.4) is 0 Å². The van der Waals surface area contributed by atoms with Gasteiger partial charge in [-0.25, -0.2) is 0 Å². The molecule has 3 rings (SSSR count). The number of hydrogen-bond acceptors (Lipinski definition) is 1. The molecule has 21 heavy (non-hydrogen) atoms. The lowest BCUT2D eigenvalue weighted by atomic mass is 9.79. The summed E-state index contributed by atoms with van der Waals surface area (Å²) >= 11 is 0. The molecule has 1 unspecified atom stereocenters. The Bertz CT molecular complexity index is 668. The van der Waals surface area contributed by atoms with E-state index in [1.807, 2.05) is 0 Å². The molecule has 0 fully saturated rings. The molecule has 0 N–H and O–H groups in total. The summed E-state index contributed by atoms with van der Waals surface area (Å²) in [5, 5.41) is 0. The zero-order chi connectivity index (χ0) is 15.2. The molecule has 0 spiro atoms. The summed E-state index contributed by atoms with van der Waals surface area (Å²) in [4.78, 5) is 0. The van der Waals surface area contributed by atoms with E-state index in [4.69, 9.17) is 4.74 Å². The predicted molar refractivity (Wildman–Crippen MR) is 88.2 cm³/mol. The Kier molecular flexibility index (Phi) is 3.32. The zero-order valence-electron chi connectivity index (χ0n) is 13.7. The maximum Gasteiger partial charge on any atom is 0.126 e. The fraction of sp³-hybridized carbons (Fsp3) is 0.400. The van der Waals surface area contributed by atoms with Crippen LogP contribution in [0.15, 0.2) is 36.4 Å². The van der Waals surface area contributed by atoms with Gasteiger partial charge in [-0.15, -0.1) is 0 Å². The van der Waals surface area contributed by atoms with Gasteiger partial charge in [0.1, 0.15) is 11.4 Å². The van der Waals surface area contributed by atoms with Crippen molar-refractivity contribution in [3.63, 3.8) is 0 Å². The summed E-state index contributed by atoms with van der Waals surface area (Å²) in [6.07, 6.45) is 1.03. The van der Waals surface area contributed by atoms with E-state index in [2.05, 4.69) is 71.0 Å². The van der Waals surface area contributed by atoms with Crippen LogP contribution in [0.4, 0.5) is 0 Å². The fourth-order valence-electron chi connectivity index (χ4n) is 3.53. The van der Waals surface area contributed by atoms with Crippen LogP contribution in [0.2, 0.25) is 0 Å². The van der Waals surface area contributed by atoms with Crippen LogP contribution in [-0.2, 0) is 6.42 Å². The standard InChI is InChI=1S/C20H24O/c1-13-11-14(2)19-18(15(13)3)17(20(4,5)21-19)12-16-9-7-6-8-10-16/h6-11,17H,12H2,1-5H3. The highest BCUT2D eigenvalue weighted by atomic mass is 16.5. The molecule has 110 valence electrons. The SMILES string of the molecule is Cc1cc(C)c2c(c1C)C(Cc1ccccc1)C(C)(C)O2. The molecule has 2 aromatic rings. The zero-order valence-corrected chi connectivity index (χ0v) is 13.7. The summed E-state index contributed by atoms with van der Waals surface area (Å²) in [5.74, 6) is 1.53. The van der Waals surface area contributed by atoms with Gasteiger partial charge in [-0.1, -0.05) is 36.4 Å². The van der Waals surface area contributed by atoms with Crippen molar-refractivity contribution in [1.82, 2.24) is 0 Å². The molecule has 0 bridgehead atoms. The van der Waals surface area contributed by atoms with Crippen LogP contribution >= 0.6 is 0 Å². The minimum atomic E-state index is -0.151. The molecule has 1 atom stereocenters. The molecular formula is C20H24O. The Morgan fingerprint density at radius 3 is 2.33 bits per heavy atom. The molecule has 1 aliphatic heterocycles. The molecule has 0 aliphatic carbocycles. The van der Waals surface area contributed by atoms with Crippen LogP contribution in [0, 0.1) is 20.8 Å². The van der Waals surface area contributed by atoms with Gasteiger partial charge in [0.25, 0.3) is 0 Å². The van der Waals surface area contributed by atoms with E-state index >= 15 is 0 Å². The van der Waals surface area contributed by atoms with E-state index in [1.165, 1.54) is 27.8 Å². The number of hydrogen-bond donors (Lipinski definition) is 0. The maximum absolute atomic E-state index is 6.35. The van der Waals surface area contributed by atoms with Gasteiger partial charge < -0.3 is 4.74 Å². The van der Waals surface area contributed by atoms with Crippen molar-refractivity contribution < 1.29 is 4.74 Å².